The Morgan fingerprint density at radius 2 is 1.78 bits per heavy atom. The van der Waals surface area contributed by atoms with Crippen LogP contribution in [0.15, 0.2) is 29.4 Å². The summed E-state index contributed by atoms with van der Waals surface area (Å²) in [6.07, 6.45) is 1.56. The monoisotopic (exact) mass is 313 g/mol. The molecule has 0 saturated heterocycles. The van der Waals surface area contributed by atoms with Crippen LogP contribution in [0.3, 0.4) is 0 Å². The SMILES string of the molecule is CCN(CC)c1ccc(C=NNc2nc(C)cc(C)n2)c(O)c1. The number of anilines is 2. The molecule has 122 valence electrons. The molecule has 0 fully saturated rings. The summed E-state index contributed by atoms with van der Waals surface area (Å²) in [5.41, 5.74) is 6.17. The zero-order valence-electron chi connectivity index (χ0n) is 14.0. The summed E-state index contributed by atoms with van der Waals surface area (Å²) in [6, 6.07) is 7.46. The Hall–Kier alpha value is -2.63. The lowest BCUT2D eigenvalue weighted by molar-refractivity contribution is 0.474. The van der Waals surface area contributed by atoms with Gasteiger partial charge < -0.3 is 10.0 Å². The number of nitrogens with one attached hydrogen (secondary N) is 1. The number of phenols is 1. The smallest absolute Gasteiger partial charge is 0.243 e. The van der Waals surface area contributed by atoms with Crippen LogP contribution in [0.2, 0.25) is 0 Å². The summed E-state index contributed by atoms with van der Waals surface area (Å²) in [6.45, 7) is 9.78. The average Bonchev–Trinajstić information content (AvgIpc) is 2.49. The van der Waals surface area contributed by atoms with Crippen molar-refractivity contribution in [2.24, 2.45) is 5.10 Å². The van der Waals surface area contributed by atoms with Gasteiger partial charge in [-0.05, 0) is 45.9 Å². The van der Waals surface area contributed by atoms with Crippen molar-refractivity contribution in [3.63, 3.8) is 0 Å². The van der Waals surface area contributed by atoms with E-state index in [0.29, 0.717) is 11.5 Å². The predicted octanol–water partition coefficient (Wildman–Crippen LogP) is 3.09. The van der Waals surface area contributed by atoms with E-state index in [4.69, 9.17) is 0 Å². The van der Waals surface area contributed by atoms with Crippen molar-refractivity contribution < 1.29 is 5.11 Å². The van der Waals surface area contributed by atoms with Gasteiger partial charge in [-0.2, -0.15) is 5.10 Å². The Balaban J connectivity index is 2.10. The van der Waals surface area contributed by atoms with Crippen LogP contribution in [0.4, 0.5) is 11.6 Å². The van der Waals surface area contributed by atoms with Crippen LogP contribution >= 0.6 is 0 Å². The first kappa shape index (κ1) is 16.7. The molecule has 0 saturated carbocycles. The highest BCUT2D eigenvalue weighted by Crippen LogP contribution is 2.23. The number of rotatable bonds is 6. The maximum atomic E-state index is 10.1. The van der Waals surface area contributed by atoms with Gasteiger partial charge in [-0.1, -0.05) is 0 Å². The molecule has 2 rings (SSSR count). The summed E-state index contributed by atoms with van der Waals surface area (Å²) in [7, 11) is 0. The molecule has 1 aromatic heterocycles. The minimum absolute atomic E-state index is 0.196. The van der Waals surface area contributed by atoms with Gasteiger partial charge in [0.1, 0.15) is 5.75 Å². The molecule has 0 amide bonds. The standard InChI is InChI=1S/C17H23N5O/c1-5-22(6-2)15-8-7-14(16(23)10-15)11-18-21-17-19-12(3)9-13(4)20-17/h7-11,23H,5-6H2,1-4H3,(H,19,20,21). The van der Waals surface area contributed by atoms with E-state index in [0.717, 1.165) is 30.2 Å². The van der Waals surface area contributed by atoms with Crippen molar-refractivity contribution in [3.05, 3.63) is 41.2 Å². The highest BCUT2D eigenvalue weighted by molar-refractivity contribution is 5.84. The summed E-state index contributed by atoms with van der Waals surface area (Å²) < 4.78 is 0. The van der Waals surface area contributed by atoms with Gasteiger partial charge in [0, 0.05) is 41.8 Å². The van der Waals surface area contributed by atoms with Crippen molar-refractivity contribution in [1.29, 1.82) is 0 Å². The lowest BCUT2D eigenvalue weighted by Gasteiger charge is -2.21. The van der Waals surface area contributed by atoms with E-state index in [2.05, 4.69) is 39.2 Å². The van der Waals surface area contributed by atoms with E-state index < -0.39 is 0 Å². The van der Waals surface area contributed by atoms with Crippen molar-refractivity contribution in [2.45, 2.75) is 27.7 Å². The first-order valence-electron chi connectivity index (χ1n) is 7.72. The summed E-state index contributed by atoms with van der Waals surface area (Å²) in [5, 5.41) is 14.2. The molecule has 1 heterocycles. The fourth-order valence-corrected chi connectivity index (χ4v) is 2.36. The predicted molar refractivity (Wildman–Crippen MR) is 94.4 cm³/mol. The lowest BCUT2D eigenvalue weighted by atomic mass is 10.2. The maximum absolute atomic E-state index is 10.1. The molecular formula is C17H23N5O. The number of benzene rings is 1. The molecule has 1 aromatic carbocycles. The van der Waals surface area contributed by atoms with Gasteiger partial charge in [0.25, 0.3) is 0 Å². The fourth-order valence-electron chi connectivity index (χ4n) is 2.36. The molecule has 0 radical (unpaired) electrons. The third-order valence-electron chi connectivity index (χ3n) is 3.49. The Kier molecular flexibility index (Phi) is 5.51. The molecule has 0 aliphatic carbocycles. The first-order chi connectivity index (χ1) is 11.0. The van der Waals surface area contributed by atoms with E-state index in [-0.39, 0.29) is 5.75 Å². The number of aromatic nitrogens is 2. The van der Waals surface area contributed by atoms with Gasteiger partial charge in [-0.25, -0.2) is 15.4 Å². The van der Waals surface area contributed by atoms with Crippen molar-refractivity contribution in [2.75, 3.05) is 23.4 Å². The molecule has 6 nitrogen and oxygen atoms in total. The van der Waals surface area contributed by atoms with Crippen molar-refractivity contribution >= 4 is 17.9 Å². The van der Waals surface area contributed by atoms with Crippen LogP contribution < -0.4 is 10.3 Å². The maximum Gasteiger partial charge on any atom is 0.243 e. The van der Waals surface area contributed by atoms with E-state index in [1.807, 2.05) is 32.0 Å². The zero-order valence-corrected chi connectivity index (χ0v) is 14.0. The molecule has 0 aliphatic heterocycles. The highest BCUT2D eigenvalue weighted by atomic mass is 16.3. The molecule has 2 aromatic rings. The van der Waals surface area contributed by atoms with Gasteiger partial charge in [0.15, 0.2) is 0 Å². The summed E-state index contributed by atoms with van der Waals surface area (Å²) in [4.78, 5) is 10.7. The van der Waals surface area contributed by atoms with E-state index in [1.165, 1.54) is 0 Å². The summed E-state index contributed by atoms with van der Waals surface area (Å²) in [5.74, 6) is 0.638. The Morgan fingerprint density at radius 1 is 1.13 bits per heavy atom. The van der Waals surface area contributed by atoms with Crippen LogP contribution in [0.25, 0.3) is 0 Å². The molecule has 23 heavy (non-hydrogen) atoms. The number of aryl methyl sites for hydroxylation is 2. The molecule has 6 heteroatoms. The number of hydrazone groups is 1. The first-order valence-corrected chi connectivity index (χ1v) is 7.72. The van der Waals surface area contributed by atoms with Crippen LogP contribution in [-0.2, 0) is 0 Å². The van der Waals surface area contributed by atoms with Crippen molar-refractivity contribution in [1.82, 2.24) is 9.97 Å². The largest absolute Gasteiger partial charge is 0.507 e. The van der Waals surface area contributed by atoms with Gasteiger partial charge in [-0.15, -0.1) is 0 Å². The van der Waals surface area contributed by atoms with Crippen LogP contribution in [0.5, 0.6) is 5.75 Å². The number of phenolic OH excluding ortho intramolecular Hbond substituents is 1. The zero-order chi connectivity index (χ0) is 16.8. The minimum atomic E-state index is 0.196. The highest BCUT2D eigenvalue weighted by Gasteiger charge is 2.05. The topological polar surface area (TPSA) is 73.6 Å². The number of aromatic hydroxyl groups is 1. The molecule has 0 aliphatic rings. The quantitative estimate of drug-likeness (QED) is 0.633. The van der Waals surface area contributed by atoms with Gasteiger partial charge >= 0.3 is 0 Å². The Bertz CT molecular complexity index is 675. The third-order valence-corrected chi connectivity index (χ3v) is 3.49. The van der Waals surface area contributed by atoms with Crippen LogP contribution in [0.1, 0.15) is 30.8 Å². The lowest BCUT2D eigenvalue weighted by Crippen LogP contribution is -2.21. The molecule has 2 N–H and O–H groups in total. The van der Waals surface area contributed by atoms with Gasteiger partial charge in [0.05, 0.1) is 6.21 Å². The Morgan fingerprint density at radius 3 is 2.35 bits per heavy atom. The number of hydrogen-bond donors (Lipinski definition) is 2. The van der Waals surface area contributed by atoms with Gasteiger partial charge in [0.2, 0.25) is 5.95 Å². The number of hydrogen-bond acceptors (Lipinski definition) is 6. The average molecular weight is 313 g/mol. The second-order valence-corrected chi connectivity index (χ2v) is 5.26. The summed E-state index contributed by atoms with van der Waals surface area (Å²) >= 11 is 0. The molecule has 0 atom stereocenters. The van der Waals surface area contributed by atoms with Crippen molar-refractivity contribution in [3.8, 4) is 5.75 Å². The molecule has 0 bridgehead atoms. The molecule has 0 spiro atoms. The minimum Gasteiger partial charge on any atom is -0.507 e. The van der Waals surface area contributed by atoms with Crippen LogP contribution in [0, 0.1) is 13.8 Å². The number of nitrogens with zero attached hydrogens (tertiary/aromatic N) is 4. The fraction of sp³-hybridized carbons (Fsp3) is 0.353. The van der Waals surface area contributed by atoms with E-state index in [1.54, 1.807) is 12.3 Å². The normalized spacial score (nSPS) is 11.0. The molecule has 0 unspecified atom stereocenters. The Labute approximate surface area is 136 Å². The second kappa shape index (κ2) is 7.58. The van der Waals surface area contributed by atoms with Crippen LogP contribution in [-0.4, -0.2) is 34.4 Å². The molecular weight excluding hydrogens is 290 g/mol. The second-order valence-electron chi connectivity index (χ2n) is 5.26. The van der Waals surface area contributed by atoms with Gasteiger partial charge in [-0.3, -0.25) is 0 Å². The third kappa shape index (κ3) is 4.42. The van der Waals surface area contributed by atoms with E-state index in [9.17, 15) is 5.11 Å². The van der Waals surface area contributed by atoms with E-state index >= 15 is 0 Å².